The molecule has 0 atom stereocenters. The number of rotatable bonds is 3. The van der Waals surface area contributed by atoms with Crippen LogP contribution in [-0.2, 0) is 19.4 Å². The first-order valence-corrected chi connectivity index (χ1v) is 6.90. The molecule has 2 nitrogen and oxygen atoms in total. The summed E-state index contributed by atoms with van der Waals surface area (Å²) >= 11 is 0. The van der Waals surface area contributed by atoms with Gasteiger partial charge < -0.3 is 10.5 Å². The molecule has 1 aliphatic rings. The third-order valence-electron chi connectivity index (χ3n) is 3.78. The van der Waals surface area contributed by atoms with Gasteiger partial charge in [0.05, 0.1) is 6.61 Å². The van der Waals surface area contributed by atoms with E-state index < -0.39 is 0 Å². The molecule has 0 radical (unpaired) electrons. The third-order valence-corrected chi connectivity index (χ3v) is 3.78. The van der Waals surface area contributed by atoms with E-state index in [0.29, 0.717) is 6.54 Å². The van der Waals surface area contributed by atoms with E-state index in [-0.39, 0.29) is 0 Å². The molecule has 0 amide bonds. The summed E-state index contributed by atoms with van der Waals surface area (Å²) in [5.41, 5.74) is 12.1. The van der Waals surface area contributed by atoms with Crippen LogP contribution in [0.3, 0.4) is 0 Å². The second-order valence-electron chi connectivity index (χ2n) is 4.94. The van der Waals surface area contributed by atoms with Gasteiger partial charge in [-0.05, 0) is 34.7 Å². The van der Waals surface area contributed by atoms with Crippen LogP contribution in [-0.4, -0.2) is 6.61 Å². The smallest absolute Gasteiger partial charge is 0.130 e. The lowest BCUT2D eigenvalue weighted by molar-refractivity contribution is 0.358. The van der Waals surface area contributed by atoms with Gasteiger partial charge in [-0.15, -0.1) is 0 Å². The third kappa shape index (κ3) is 2.13. The number of hydrogen-bond acceptors (Lipinski definition) is 2. The van der Waals surface area contributed by atoms with Crippen molar-refractivity contribution in [3.8, 4) is 16.9 Å². The Morgan fingerprint density at radius 1 is 1.16 bits per heavy atom. The van der Waals surface area contributed by atoms with Crippen molar-refractivity contribution >= 4 is 0 Å². The molecule has 98 valence electrons. The monoisotopic (exact) mass is 253 g/mol. The molecule has 0 aromatic heterocycles. The molecule has 0 fully saturated rings. The van der Waals surface area contributed by atoms with Crippen molar-refractivity contribution in [1.82, 2.24) is 0 Å². The van der Waals surface area contributed by atoms with Gasteiger partial charge >= 0.3 is 0 Å². The van der Waals surface area contributed by atoms with Crippen molar-refractivity contribution < 1.29 is 4.74 Å². The molecule has 0 saturated carbocycles. The minimum absolute atomic E-state index is 0.557. The Morgan fingerprint density at radius 2 is 2.00 bits per heavy atom. The molecular weight excluding hydrogens is 234 g/mol. The highest BCUT2D eigenvalue weighted by atomic mass is 16.5. The summed E-state index contributed by atoms with van der Waals surface area (Å²) in [6.07, 6.45) is 2.06. The molecule has 19 heavy (non-hydrogen) atoms. The quantitative estimate of drug-likeness (QED) is 0.910. The lowest BCUT2D eigenvalue weighted by Crippen LogP contribution is -2.00. The van der Waals surface area contributed by atoms with E-state index in [0.717, 1.165) is 25.2 Å². The number of nitrogens with two attached hydrogens (primary N) is 1. The van der Waals surface area contributed by atoms with Gasteiger partial charge in [-0.25, -0.2) is 0 Å². The molecule has 0 bridgehead atoms. The van der Waals surface area contributed by atoms with Gasteiger partial charge in [0, 0.05) is 18.5 Å². The molecule has 0 spiro atoms. The summed E-state index contributed by atoms with van der Waals surface area (Å²) in [5, 5.41) is 0. The minimum atomic E-state index is 0.557. The minimum Gasteiger partial charge on any atom is -0.492 e. The molecule has 2 heteroatoms. The van der Waals surface area contributed by atoms with Crippen LogP contribution in [0.4, 0.5) is 0 Å². The first-order valence-electron chi connectivity index (χ1n) is 6.90. The maximum absolute atomic E-state index is 5.86. The molecule has 3 rings (SSSR count). The molecule has 2 aromatic rings. The maximum Gasteiger partial charge on any atom is 0.130 e. The standard InChI is InChI=1S/C17H19NO/c1-2-12-9-13-7-8-19-17(13)16(10-12)15-6-4-3-5-14(15)11-18/h3-6,9-10H,2,7-8,11,18H2,1H3. The Balaban J connectivity index is 2.21. The van der Waals surface area contributed by atoms with Crippen LogP contribution in [0, 0.1) is 0 Å². The molecular formula is C17H19NO. The van der Waals surface area contributed by atoms with Crippen LogP contribution in [0.2, 0.25) is 0 Å². The topological polar surface area (TPSA) is 35.2 Å². The second-order valence-corrected chi connectivity index (χ2v) is 4.94. The summed E-state index contributed by atoms with van der Waals surface area (Å²) in [6.45, 7) is 3.54. The Labute approximate surface area is 114 Å². The van der Waals surface area contributed by atoms with E-state index in [9.17, 15) is 0 Å². The van der Waals surface area contributed by atoms with E-state index in [1.807, 2.05) is 6.07 Å². The van der Waals surface area contributed by atoms with E-state index in [1.54, 1.807) is 0 Å². The maximum atomic E-state index is 5.86. The Hall–Kier alpha value is -1.80. The molecule has 1 aliphatic heterocycles. The molecule has 0 saturated heterocycles. The average Bonchev–Trinajstić information content (AvgIpc) is 2.94. The fourth-order valence-electron chi connectivity index (χ4n) is 2.74. The first-order chi connectivity index (χ1) is 9.33. The fourth-order valence-corrected chi connectivity index (χ4v) is 2.74. The highest BCUT2D eigenvalue weighted by molar-refractivity contribution is 5.76. The summed E-state index contributed by atoms with van der Waals surface area (Å²) in [6, 6.07) is 12.9. The summed E-state index contributed by atoms with van der Waals surface area (Å²) in [7, 11) is 0. The Kier molecular flexibility index (Phi) is 3.26. The van der Waals surface area contributed by atoms with Crippen molar-refractivity contribution in [2.75, 3.05) is 6.61 Å². The Morgan fingerprint density at radius 3 is 2.79 bits per heavy atom. The highest BCUT2D eigenvalue weighted by Crippen LogP contribution is 2.39. The normalized spacial score (nSPS) is 13.2. The number of hydrogen-bond donors (Lipinski definition) is 1. The van der Waals surface area contributed by atoms with E-state index in [1.165, 1.54) is 27.8 Å². The van der Waals surface area contributed by atoms with Crippen molar-refractivity contribution in [2.24, 2.45) is 5.73 Å². The van der Waals surface area contributed by atoms with Gasteiger partial charge in [0.15, 0.2) is 0 Å². The number of benzene rings is 2. The number of fused-ring (bicyclic) bond motifs is 1. The summed E-state index contributed by atoms with van der Waals surface area (Å²) < 4.78 is 5.84. The van der Waals surface area contributed by atoms with E-state index in [4.69, 9.17) is 10.5 Å². The first kappa shape index (κ1) is 12.2. The average molecular weight is 253 g/mol. The largest absolute Gasteiger partial charge is 0.492 e. The predicted molar refractivity (Wildman–Crippen MR) is 78.3 cm³/mol. The van der Waals surface area contributed by atoms with Crippen LogP contribution in [0.5, 0.6) is 5.75 Å². The van der Waals surface area contributed by atoms with Gasteiger partial charge in [-0.2, -0.15) is 0 Å². The predicted octanol–water partition coefficient (Wildman–Crippen LogP) is 3.31. The molecule has 2 aromatic carbocycles. The summed E-state index contributed by atoms with van der Waals surface area (Å²) in [5.74, 6) is 1.05. The summed E-state index contributed by atoms with van der Waals surface area (Å²) in [4.78, 5) is 0. The van der Waals surface area contributed by atoms with Crippen molar-refractivity contribution in [3.05, 3.63) is 53.1 Å². The molecule has 2 N–H and O–H groups in total. The molecule has 0 unspecified atom stereocenters. The number of aryl methyl sites for hydroxylation is 1. The van der Waals surface area contributed by atoms with Crippen LogP contribution >= 0.6 is 0 Å². The van der Waals surface area contributed by atoms with Crippen LogP contribution in [0.1, 0.15) is 23.6 Å². The van der Waals surface area contributed by atoms with Gasteiger partial charge in [-0.1, -0.05) is 37.3 Å². The molecule has 1 heterocycles. The van der Waals surface area contributed by atoms with Gasteiger partial charge in [-0.3, -0.25) is 0 Å². The zero-order chi connectivity index (χ0) is 13.2. The van der Waals surface area contributed by atoms with Crippen LogP contribution < -0.4 is 10.5 Å². The number of ether oxygens (including phenoxy) is 1. The van der Waals surface area contributed by atoms with Crippen LogP contribution in [0.25, 0.3) is 11.1 Å². The van der Waals surface area contributed by atoms with Gasteiger partial charge in [0.2, 0.25) is 0 Å². The zero-order valence-corrected chi connectivity index (χ0v) is 11.3. The van der Waals surface area contributed by atoms with Gasteiger partial charge in [0.1, 0.15) is 5.75 Å². The zero-order valence-electron chi connectivity index (χ0n) is 11.3. The van der Waals surface area contributed by atoms with Crippen LogP contribution in [0.15, 0.2) is 36.4 Å². The molecule has 0 aliphatic carbocycles. The van der Waals surface area contributed by atoms with E-state index >= 15 is 0 Å². The van der Waals surface area contributed by atoms with Crippen molar-refractivity contribution in [2.45, 2.75) is 26.3 Å². The fraction of sp³-hybridized carbons (Fsp3) is 0.294. The highest BCUT2D eigenvalue weighted by Gasteiger charge is 2.19. The van der Waals surface area contributed by atoms with Crippen molar-refractivity contribution in [1.29, 1.82) is 0 Å². The van der Waals surface area contributed by atoms with Gasteiger partial charge in [0.25, 0.3) is 0 Å². The van der Waals surface area contributed by atoms with E-state index in [2.05, 4.69) is 37.3 Å². The van der Waals surface area contributed by atoms with Crippen molar-refractivity contribution in [3.63, 3.8) is 0 Å². The lowest BCUT2D eigenvalue weighted by atomic mass is 9.94. The lowest BCUT2D eigenvalue weighted by Gasteiger charge is -2.13. The SMILES string of the molecule is CCc1cc2c(c(-c3ccccc3CN)c1)OCC2. The Bertz CT molecular complexity index is 604. The second kappa shape index (κ2) is 5.06.